The van der Waals surface area contributed by atoms with Crippen molar-refractivity contribution < 1.29 is 13.2 Å². The van der Waals surface area contributed by atoms with Gasteiger partial charge in [-0.05, 0) is 30.7 Å². The normalized spacial score (nSPS) is 11.3. The van der Waals surface area contributed by atoms with Crippen molar-refractivity contribution in [1.29, 1.82) is 0 Å². The molecule has 1 amide bonds. The molecule has 4 N–H and O–H groups in total. The fourth-order valence-electron chi connectivity index (χ4n) is 1.50. The Kier molecular flexibility index (Phi) is 5.94. The molecule has 0 atom stereocenters. The van der Waals surface area contributed by atoms with Gasteiger partial charge in [-0.15, -0.1) is 0 Å². The molecule has 1 aromatic rings. The molecule has 19 heavy (non-hydrogen) atoms. The minimum absolute atomic E-state index is 0.176. The average molecular weight is 285 g/mol. The second-order valence-electron chi connectivity index (χ2n) is 4.16. The first-order chi connectivity index (χ1) is 8.92. The number of carbonyl (C=O) groups excluding carboxylic acids is 1. The van der Waals surface area contributed by atoms with E-state index in [-0.39, 0.29) is 19.0 Å². The van der Waals surface area contributed by atoms with E-state index < -0.39 is 10.0 Å². The Morgan fingerprint density at radius 2 is 1.84 bits per heavy atom. The molecule has 0 aliphatic carbocycles. The lowest BCUT2D eigenvalue weighted by Crippen LogP contribution is -2.34. The summed E-state index contributed by atoms with van der Waals surface area (Å²) >= 11 is 0. The van der Waals surface area contributed by atoms with Crippen molar-refractivity contribution in [1.82, 2.24) is 10.0 Å². The molecule has 0 aliphatic rings. The maximum absolute atomic E-state index is 11.7. The summed E-state index contributed by atoms with van der Waals surface area (Å²) in [6, 6.07) is 7.17. The van der Waals surface area contributed by atoms with Gasteiger partial charge < -0.3 is 11.1 Å². The fourth-order valence-corrected chi connectivity index (χ4v) is 1.98. The molecule has 106 valence electrons. The molecule has 6 nitrogen and oxygen atoms in total. The molecule has 0 bridgehead atoms. The standard InChI is InChI=1S/C12H19N3O3S/c1-19(17,18)15-9-8-14-12(16)11-4-2-10(3-5-11)6-7-13/h2-5,15H,6-9,13H2,1H3,(H,14,16). The van der Waals surface area contributed by atoms with Gasteiger partial charge in [-0.3, -0.25) is 4.79 Å². The van der Waals surface area contributed by atoms with Gasteiger partial charge in [-0.2, -0.15) is 0 Å². The van der Waals surface area contributed by atoms with Crippen LogP contribution in [-0.4, -0.2) is 40.2 Å². The second kappa shape index (κ2) is 7.22. The van der Waals surface area contributed by atoms with Crippen LogP contribution >= 0.6 is 0 Å². The van der Waals surface area contributed by atoms with Crippen molar-refractivity contribution in [3.8, 4) is 0 Å². The van der Waals surface area contributed by atoms with E-state index in [9.17, 15) is 13.2 Å². The van der Waals surface area contributed by atoms with Crippen molar-refractivity contribution in [2.24, 2.45) is 5.73 Å². The van der Waals surface area contributed by atoms with Gasteiger partial charge in [-0.25, -0.2) is 13.1 Å². The van der Waals surface area contributed by atoms with Crippen LogP contribution in [0.4, 0.5) is 0 Å². The molecule has 0 saturated carbocycles. The highest BCUT2D eigenvalue weighted by Crippen LogP contribution is 2.04. The number of sulfonamides is 1. The summed E-state index contributed by atoms with van der Waals surface area (Å²) in [5, 5.41) is 2.63. The first-order valence-electron chi connectivity index (χ1n) is 5.94. The Labute approximate surface area is 113 Å². The van der Waals surface area contributed by atoms with Gasteiger partial charge in [-0.1, -0.05) is 12.1 Å². The summed E-state index contributed by atoms with van der Waals surface area (Å²) in [6.45, 7) is 0.995. The van der Waals surface area contributed by atoms with Crippen molar-refractivity contribution in [3.63, 3.8) is 0 Å². The number of amides is 1. The third-order valence-electron chi connectivity index (χ3n) is 2.42. The molecule has 0 unspecified atom stereocenters. The molecular weight excluding hydrogens is 266 g/mol. The van der Waals surface area contributed by atoms with Gasteiger partial charge in [0.1, 0.15) is 0 Å². The molecule has 7 heteroatoms. The van der Waals surface area contributed by atoms with E-state index in [2.05, 4.69) is 10.0 Å². The Morgan fingerprint density at radius 3 is 2.37 bits per heavy atom. The lowest BCUT2D eigenvalue weighted by molar-refractivity contribution is 0.0954. The zero-order valence-electron chi connectivity index (χ0n) is 10.8. The molecule has 1 aromatic carbocycles. The van der Waals surface area contributed by atoms with Gasteiger partial charge in [0.25, 0.3) is 5.91 Å². The molecule has 0 fully saturated rings. The largest absolute Gasteiger partial charge is 0.351 e. The van der Waals surface area contributed by atoms with E-state index in [0.717, 1.165) is 18.2 Å². The molecule has 0 heterocycles. The SMILES string of the molecule is CS(=O)(=O)NCCNC(=O)c1ccc(CCN)cc1. The lowest BCUT2D eigenvalue weighted by Gasteiger charge is -2.06. The summed E-state index contributed by atoms with van der Waals surface area (Å²) in [6.07, 6.45) is 1.85. The fraction of sp³-hybridized carbons (Fsp3) is 0.417. The topological polar surface area (TPSA) is 101 Å². The average Bonchev–Trinajstić information content (AvgIpc) is 2.34. The molecular formula is C12H19N3O3S. The second-order valence-corrected chi connectivity index (χ2v) is 5.99. The Bertz CT molecular complexity index is 512. The summed E-state index contributed by atoms with van der Waals surface area (Å²) in [7, 11) is -3.21. The highest BCUT2D eigenvalue weighted by molar-refractivity contribution is 7.88. The molecule has 0 spiro atoms. The number of carbonyl (C=O) groups is 1. The van der Waals surface area contributed by atoms with E-state index in [1.807, 2.05) is 12.1 Å². The van der Waals surface area contributed by atoms with Crippen molar-refractivity contribution >= 4 is 15.9 Å². The minimum atomic E-state index is -3.21. The van der Waals surface area contributed by atoms with E-state index in [0.29, 0.717) is 12.1 Å². The van der Waals surface area contributed by atoms with Crippen molar-refractivity contribution in [3.05, 3.63) is 35.4 Å². The number of hydrogen-bond donors (Lipinski definition) is 3. The van der Waals surface area contributed by atoms with E-state index in [1.165, 1.54) is 0 Å². The highest BCUT2D eigenvalue weighted by atomic mass is 32.2. The molecule has 0 aliphatic heterocycles. The van der Waals surface area contributed by atoms with Gasteiger partial charge >= 0.3 is 0 Å². The first-order valence-corrected chi connectivity index (χ1v) is 7.83. The number of rotatable bonds is 7. The molecule has 0 radical (unpaired) electrons. The smallest absolute Gasteiger partial charge is 0.251 e. The Balaban J connectivity index is 2.41. The van der Waals surface area contributed by atoms with Crippen LogP contribution in [0, 0.1) is 0 Å². The number of nitrogens with two attached hydrogens (primary N) is 1. The predicted molar refractivity (Wildman–Crippen MR) is 74.4 cm³/mol. The lowest BCUT2D eigenvalue weighted by atomic mass is 10.1. The van der Waals surface area contributed by atoms with Crippen LogP contribution in [0.3, 0.4) is 0 Å². The summed E-state index contributed by atoms with van der Waals surface area (Å²) in [5.41, 5.74) is 7.06. The van der Waals surface area contributed by atoms with E-state index in [4.69, 9.17) is 5.73 Å². The number of nitrogens with one attached hydrogen (secondary N) is 2. The van der Waals surface area contributed by atoms with Gasteiger partial charge in [0.2, 0.25) is 10.0 Å². The van der Waals surface area contributed by atoms with E-state index >= 15 is 0 Å². The third-order valence-corrected chi connectivity index (χ3v) is 3.15. The Morgan fingerprint density at radius 1 is 1.21 bits per heavy atom. The summed E-state index contributed by atoms with van der Waals surface area (Å²) < 4.78 is 23.9. The van der Waals surface area contributed by atoms with Gasteiger partial charge in [0.05, 0.1) is 6.26 Å². The van der Waals surface area contributed by atoms with Crippen molar-refractivity contribution in [2.75, 3.05) is 25.9 Å². The number of hydrogen-bond acceptors (Lipinski definition) is 4. The van der Waals surface area contributed by atoms with Crippen LogP contribution in [-0.2, 0) is 16.4 Å². The van der Waals surface area contributed by atoms with Crippen LogP contribution in [0.1, 0.15) is 15.9 Å². The van der Waals surface area contributed by atoms with Crippen LogP contribution in [0.5, 0.6) is 0 Å². The van der Waals surface area contributed by atoms with Gasteiger partial charge in [0, 0.05) is 18.7 Å². The third kappa shape index (κ3) is 6.32. The van der Waals surface area contributed by atoms with Crippen LogP contribution in [0.2, 0.25) is 0 Å². The van der Waals surface area contributed by atoms with Crippen molar-refractivity contribution in [2.45, 2.75) is 6.42 Å². The summed E-state index contributed by atoms with van der Waals surface area (Å²) in [5.74, 6) is -0.227. The zero-order chi connectivity index (χ0) is 14.3. The molecule has 0 saturated heterocycles. The summed E-state index contributed by atoms with van der Waals surface area (Å²) in [4.78, 5) is 11.7. The van der Waals surface area contributed by atoms with Crippen LogP contribution in [0.25, 0.3) is 0 Å². The van der Waals surface area contributed by atoms with Crippen LogP contribution < -0.4 is 15.8 Å². The first kappa shape index (κ1) is 15.6. The van der Waals surface area contributed by atoms with Gasteiger partial charge in [0.15, 0.2) is 0 Å². The molecule has 1 rings (SSSR count). The number of benzene rings is 1. The zero-order valence-corrected chi connectivity index (χ0v) is 11.7. The molecule has 0 aromatic heterocycles. The predicted octanol–water partition coefficient (Wildman–Crippen LogP) is -0.533. The Hall–Kier alpha value is -1.44. The van der Waals surface area contributed by atoms with E-state index in [1.54, 1.807) is 12.1 Å². The van der Waals surface area contributed by atoms with Crippen LogP contribution in [0.15, 0.2) is 24.3 Å². The maximum atomic E-state index is 11.7. The minimum Gasteiger partial charge on any atom is -0.351 e. The highest BCUT2D eigenvalue weighted by Gasteiger charge is 2.05. The monoisotopic (exact) mass is 285 g/mol. The quantitative estimate of drug-likeness (QED) is 0.586. The maximum Gasteiger partial charge on any atom is 0.251 e.